The molecule has 1 aromatic heterocycles. The van der Waals surface area contributed by atoms with E-state index in [4.69, 9.17) is 4.99 Å². The zero-order valence-electron chi connectivity index (χ0n) is 18.1. The van der Waals surface area contributed by atoms with Gasteiger partial charge in [-0.2, -0.15) is 0 Å². The van der Waals surface area contributed by atoms with Crippen LogP contribution in [0.15, 0.2) is 75.6 Å². The number of pyridine rings is 1. The minimum absolute atomic E-state index is 0.0740. The number of allylic oxidation sites excluding steroid dienone is 3. The summed E-state index contributed by atoms with van der Waals surface area (Å²) in [4.78, 5) is 31.5. The first-order valence-corrected chi connectivity index (χ1v) is 10.6. The van der Waals surface area contributed by atoms with Crippen molar-refractivity contribution in [3.05, 3.63) is 92.9 Å². The minimum atomic E-state index is -0.502. The third-order valence-corrected chi connectivity index (χ3v) is 6.01. The summed E-state index contributed by atoms with van der Waals surface area (Å²) in [5.74, 6) is 0.139. The van der Waals surface area contributed by atoms with Crippen molar-refractivity contribution in [1.82, 2.24) is 4.98 Å². The van der Waals surface area contributed by atoms with Gasteiger partial charge in [0.25, 0.3) is 0 Å². The number of nitrogens with zero attached hydrogens (tertiary/aromatic N) is 1. The molecule has 0 radical (unpaired) electrons. The summed E-state index contributed by atoms with van der Waals surface area (Å²) in [6, 6.07) is 11.2. The van der Waals surface area contributed by atoms with E-state index in [0.29, 0.717) is 0 Å². The fourth-order valence-corrected chi connectivity index (χ4v) is 4.92. The molecule has 0 aliphatic heterocycles. The Hall–Kier alpha value is -3.47. The first-order valence-electron chi connectivity index (χ1n) is 10.6. The molecule has 0 unspecified atom stereocenters. The van der Waals surface area contributed by atoms with Crippen LogP contribution in [0.1, 0.15) is 44.0 Å². The lowest BCUT2D eigenvalue weighted by molar-refractivity contribution is -0.114. The molecule has 2 aliphatic rings. The smallest absolute Gasteiger partial charge is 0.248 e. The van der Waals surface area contributed by atoms with E-state index >= 15 is 0 Å². The number of amides is 1. The minimum Gasteiger partial charge on any atom is -0.326 e. The van der Waals surface area contributed by atoms with Crippen LogP contribution < -0.4 is 10.9 Å². The van der Waals surface area contributed by atoms with E-state index in [9.17, 15) is 9.59 Å². The van der Waals surface area contributed by atoms with Crippen LogP contribution in [0.4, 0.5) is 5.69 Å². The average molecular weight is 414 g/mol. The molecule has 0 spiro atoms. The molecule has 0 saturated carbocycles. The lowest BCUT2D eigenvalue weighted by Gasteiger charge is -2.45. The molecule has 31 heavy (non-hydrogen) atoms. The van der Waals surface area contributed by atoms with Crippen molar-refractivity contribution in [2.24, 2.45) is 10.9 Å². The number of nitrogens with one attached hydrogen (secondary N) is 2. The lowest BCUT2D eigenvalue weighted by Crippen LogP contribution is -2.40. The molecule has 2 bridgehead atoms. The first kappa shape index (κ1) is 20.8. The molecule has 2 aliphatic carbocycles. The van der Waals surface area contributed by atoms with Gasteiger partial charge in [-0.3, -0.25) is 14.6 Å². The maximum atomic E-state index is 11.9. The SMILES string of the molecule is C/C=C1\[C@H]2C=C(C)C[C@]1(N=CC=Cc1ccccc1NC(C)=O)c1ccc(=O)[nH]c1C2. The number of aliphatic imine (C=N–C) groups is 1. The van der Waals surface area contributed by atoms with Crippen LogP contribution >= 0.6 is 0 Å². The number of H-pyrrole nitrogens is 1. The van der Waals surface area contributed by atoms with E-state index in [1.165, 1.54) is 18.1 Å². The number of carbonyl (C=O) groups excluding carboxylic acids is 1. The Morgan fingerprint density at radius 1 is 1.26 bits per heavy atom. The van der Waals surface area contributed by atoms with E-state index in [1.54, 1.807) is 6.07 Å². The van der Waals surface area contributed by atoms with Crippen molar-refractivity contribution in [1.29, 1.82) is 0 Å². The van der Waals surface area contributed by atoms with E-state index in [0.717, 1.165) is 35.3 Å². The summed E-state index contributed by atoms with van der Waals surface area (Å²) in [7, 11) is 0. The van der Waals surface area contributed by atoms with Gasteiger partial charge in [0.05, 0.1) is 0 Å². The van der Waals surface area contributed by atoms with Crippen LogP contribution in [0.2, 0.25) is 0 Å². The Morgan fingerprint density at radius 2 is 2.06 bits per heavy atom. The molecular weight excluding hydrogens is 386 g/mol. The van der Waals surface area contributed by atoms with Gasteiger partial charge in [0.1, 0.15) is 5.54 Å². The Kier molecular flexibility index (Phi) is 5.59. The molecule has 5 heteroatoms. The van der Waals surface area contributed by atoms with E-state index in [-0.39, 0.29) is 17.4 Å². The molecule has 158 valence electrons. The van der Waals surface area contributed by atoms with E-state index in [2.05, 4.69) is 36.3 Å². The summed E-state index contributed by atoms with van der Waals surface area (Å²) in [5.41, 5.74) is 5.75. The molecule has 2 N–H and O–H groups in total. The van der Waals surface area contributed by atoms with Crippen molar-refractivity contribution in [2.45, 2.75) is 39.2 Å². The van der Waals surface area contributed by atoms with E-state index in [1.807, 2.05) is 48.7 Å². The highest BCUT2D eigenvalue weighted by atomic mass is 16.1. The fraction of sp³-hybridized carbons (Fsp3) is 0.269. The summed E-state index contributed by atoms with van der Waals surface area (Å²) < 4.78 is 0. The monoisotopic (exact) mass is 413 g/mol. The number of aromatic nitrogens is 1. The van der Waals surface area contributed by atoms with Gasteiger partial charge >= 0.3 is 0 Å². The second-order valence-electron chi connectivity index (χ2n) is 8.23. The van der Waals surface area contributed by atoms with Crippen LogP contribution in [0.25, 0.3) is 6.08 Å². The molecule has 4 rings (SSSR count). The number of carbonyl (C=O) groups is 1. The van der Waals surface area contributed by atoms with Crippen molar-refractivity contribution in [2.75, 3.05) is 5.32 Å². The van der Waals surface area contributed by atoms with Crippen LogP contribution in [0.5, 0.6) is 0 Å². The normalized spacial score (nSPS) is 23.8. The van der Waals surface area contributed by atoms with Gasteiger partial charge in [-0.05, 0) is 49.6 Å². The maximum Gasteiger partial charge on any atom is 0.248 e. The Labute approximate surface area is 182 Å². The van der Waals surface area contributed by atoms with Crippen molar-refractivity contribution in [3.63, 3.8) is 0 Å². The molecule has 1 aromatic carbocycles. The largest absolute Gasteiger partial charge is 0.326 e. The predicted octanol–water partition coefficient (Wildman–Crippen LogP) is 4.78. The number of hydrogen-bond acceptors (Lipinski definition) is 3. The average Bonchev–Trinajstić information content (AvgIpc) is 2.71. The zero-order valence-corrected chi connectivity index (χ0v) is 18.1. The summed E-state index contributed by atoms with van der Waals surface area (Å²) in [6.07, 6.45) is 11.7. The number of aromatic amines is 1. The van der Waals surface area contributed by atoms with Gasteiger partial charge in [0.15, 0.2) is 0 Å². The van der Waals surface area contributed by atoms with Crippen molar-refractivity contribution >= 4 is 23.9 Å². The van der Waals surface area contributed by atoms with Gasteiger partial charge in [-0.15, -0.1) is 0 Å². The van der Waals surface area contributed by atoms with Crippen LogP contribution in [0.3, 0.4) is 0 Å². The van der Waals surface area contributed by atoms with Crippen molar-refractivity contribution < 1.29 is 4.79 Å². The number of anilines is 1. The molecule has 1 amide bonds. The molecule has 5 nitrogen and oxygen atoms in total. The second kappa shape index (κ2) is 8.34. The predicted molar refractivity (Wildman–Crippen MR) is 126 cm³/mol. The quantitative estimate of drug-likeness (QED) is 0.559. The Bertz CT molecular complexity index is 1200. The lowest BCUT2D eigenvalue weighted by atomic mass is 9.63. The molecule has 0 fully saturated rings. The van der Waals surface area contributed by atoms with Gasteiger partial charge < -0.3 is 10.3 Å². The number of para-hydroxylation sites is 1. The molecule has 2 aromatic rings. The fourth-order valence-electron chi connectivity index (χ4n) is 4.92. The molecule has 2 atom stereocenters. The Morgan fingerprint density at radius 3 is 2.84 bits per heavy atom. The number of benzene rings is 1. The summed E-state index contributed by atoms with van der Waals surface area (Å²) in [5, 5.41) is 2.85. The van der Waals surface area contributed by atoms with E-state index < -0.39 is 5.54 Å². The summed E-state index contributed by atoms with van der Waals surface area (Å²) >= 11 is 0. The highest BCUT2D eigenvalue weighted by Crippen LogP contribution is 2.51. The topological polar surface area (TPSA) is 74.3 Å². The first-order chi connectivity index (χ1) is 14.9. The molecule has 1 heterocycles. The van der Waals surface area contributed by atoms with Crippen LogP contribution in [-0.4, -0.2) is 17.1 Å². The highest BCUT2D eigenvalue weighted by Gasteiger charge is 2.46. The Balaban J connectivity index is 1.73. The number of fused-ring (bicyclic) bond motifs is 4. The third kappa shape index (κ3) is 3.96. The van der Waals surface area contributed by atoms with Crippen molar-refractivity contribution in [3.8, 4) is 0 Å². The third-order valence-electron chi connectivity index (χ3n) is 6.01. The highest BCUT2D eigenvalue weighted by molar-refractivity contribution is 5.92. The summed E-state index contributed by atoms with van der Waals surface area (Å²) in [6.45, 7) is 5.72. The molecule has 0 saturated heterocycles. The number of rotatable bonds is 4. The number of hydrogen-bond donors (Lipinski definition) is 2. The maximum absolute atomic E-state index is 11.9. The zero-order chi connectivity index (χ0) is 22.0. The molecular formula is C26H27N3O2. The van der Waals surface area contributed by atoms with Gasteiger partial charge in [-0.1, -0.05) is 42.0 Å². The van der Waals surface area contributed by atoms with Gasteiger partial charge in [0, 0.05) is 48.5 Å². The van der Waals surface area contributed by atoms with Crippen LogP contribution in [-0.2, 0) is 16.8 Å². The standard InChI is InChI=1S/C26H27N3O2/c1-4-21-20-14-17(2)16-26(21,22-11-12-25(31)29-24(22)15-20)27-13-7-9-19-8-5-6-10-23(19)28-18(3)30/h4-14,20H,15-16H2,1-3H3,(H,28,30)(H,29,31)/b9-7?,21-4+,27-13?/t20-,26+/m0/s1. The second-order valence-corrected chi connectivity index (χ2v) is 8.23. The van der Waals surface area contributed by atoms with Gasteiger partial charge in [0.2, 0.25) is 11.5 Å². The van der Waals surface area contributed by atoms with Crippen LogP contribution in [0, 0.1) is 5.92 Å². The van der Waals surface area contributed by atoms with Gasteiger partial charge in [-0.25, -0.2) is 0 Å².